The van der Waals surface area contributed by atoms with E-state index in [1.807, 2.05) is 6.92 Å². The Bertz CT molecular complexity index is 771. The zero-order chi connectivity index (χ0) is 14.8. The molecular formula is C13H11BrFN5O. The maximum atomic E-state index is 13.4. The third-order valence-electron chi connectivity index (χ3n) is 2.64. The minimum absolute atomic E-state index is 0.283. The number of hydrogen-bond acceptors (Lipinski definition) is 5. The van der Waals surface area contributed by atoms with Crippen LogP contribution in [0.15, 0.2) is 29.0 Å². The van der Waals surface area contributed by atoms with Crippen molar-refractivity contribution in [3.05, 3.63) is 34.8 Å². The van der Waals surface area contributed by atoms with Gasteiger partial charge in [0.2, 0.25) is 5.95 Å². The van der Waals surface area contributed by atoms with Crippen LogP contribution < -0.4 is 10.1 Å². The quantitative estimate of drug-likeness (QED) is 0.752. The van der Waals surface area contributed by atoms with E-state index in [-0.39, 0.29) is 5.88 Å². The highest BCUT2D eigenvalue weighted by Gasteiger charge is 2.12. The van der Waals surface area contributed by atoms with E-state index in [0.717, 1.165) is 0 Å². The summed E-state index contributed by atoms with van der Waals surface area (Å²) in [5, 5.41) is 3.00. The number of aromatic nitrogens is 4. The Hall–Kier alpha value is -2.22. The molecular weight excluding hydrogens is 341 g/mol. The average Bonchev–Trinajstić information content (AvgIpc) is 2.86. The second-order valence-corrected chi connectivity index (χ2v) is 5.11. The first kappa shape index (κ1) is 13.7. The Morgan fingerprint density at radius 2 is 2.19 bits per heavy atom. The molecule has 2 heterocycles. The molecule has 3 rings (SSSR count). The van der Waals surface area contributed by atoms with Crippen LogP contribution in [0.4, 0.5) is 10.3 Å². The van der Waals surface area contributed by atoms with Gasteiger partial charge in [0.25, 0.3) is 5.88 Å². The van der Waals surface area contributed by atoms with Crippen LogP contribution >= 0.6 is 15.9 Å². The van der Waals surface area contributed by atoms with Crippen molar-refractivity contribution in [2.45, 2.75) is 6.92 Å². The summed E-state index contributed by atoms with van der Waals surface area (Å²) < 4.78 is 19.7. The topological polar surface area (TPSA) is 75.7 Å². The lowest BCUT2D eigenvalue weighted by Crippen LogP contribution is -2.03. The number of imidazole rings is 1. The lowest BCUT2D eigenvalue weighted by molar-refractivity contribution is 0.462. The molecule has 0 fully saturated rings. The SMILES string of the molecule is CCNc1nc(Oc2cc(F)cc(Br)c2)c2[nH]cnc2n1. The van der Waals surface area contributed by atoms with Gasteiger partial charge in [-0.05, 0) is 19.1 Å². The van der Waals surface area contributed by atoms with Gasteiger partial charge < -0.3 is 15.0 Å². The third kappa shape index (κ3) is 2.94. The summed E-state index contributed by atoms with van der Waals surface area (Å²) in [6.45, 7) is 2.60. The average molecular weight is 352 g/mol. The summed E-state index contributed by atoms with van der Waals surface area (Å²) >= 11 is 3.22. The minimum atomic E-state index is -0.402. The summed E-state index contributed by atoms with van der Waals surface area (Å²) in [5.74, 6) is 0.619. The van der Waals surface area contributed by atoms with Gasteiger partial charge in [0, 0.05) is 17.1 Å². The Morgan fingerprint density at radius 3 is 2.95 bits per heavy atom. The predicted octanol–water partition coefficient (Wildman–Crippen LogP) is 3.48. The van der Waals surface area contributed by atoms with Crippen LogP contribution in [0, 0.1) is 5.82 Å². The van der Waals surface area contributed by atoms with Gasteiger partial charge in [-0.3, -0.25) is 0 Å². The predicted molar refractivity (Wildman–Crippen MR) is 80.0 cm³/mol. The third-order valence-corrected chi connectivity index (χ3v) is 3.10. The number of hydrogen-bond donors (Lipinski definition) is 2. The molecule has 0 amide bonds. The molecule has 3 aromatic rings. The van der Waals surface area contributed by atoms with Gasteiger partial charge in [0.15, 0.2) is 5.65 Å². The number of fused-ring (bicyclic) bond motifs is 1. The molecule has 0 saturated heterocycles. The fourth-order valence-corrected chi connectivity index (χ4v) is 2.26. The van der Waals surface area contributed by atoms with E-state index in [1.54, 1.807) is 6.07 Å². The molecule has 2 aromatic heterocycles. The van der Waals surface area contributed by atoms with Crippen molar-refractivity contribution in [1.29, 1.82) is 0 Å². The minimum Gasteiger partial charge on any atom is -0.437 e. The number of H-pyrrole nitrogens is 1. The smallest absolute Gasteiger partial charge is 0.250 e. The molecule has 6 nitrogen and oxygen atoms in total. The summed E-state index contributed by atoms with van der Waals surface area (Å²) in [6, 6.07) is 4.28. The number of rotatable bonds is 4. The molecule has 0 spiro atoms. The second-order valence-electron chi connectivity index (χ2n) is 4.19. The first-order valence-corrected chi connectivity index (χ1v) is 7.04. The van der Waals surface area contributed by atoms with Gasteiger partial charge in [-0.2, -0.15) is 9.97 Å². The monoisotopic (exact) mass is 351 g/mol. The first-order chi connectivity index (χ1) is 10.2. The summed E-state index contributed by atoms with van der Waals surface area (Å²) in [4.78, 5) is 15.5. The number of ether oxygens (including phenoxy) is 1. The fraction of sp³-hybridized carbons (Fsp3) is 0.154. The van der Waals surface area contributed by atoms with E-state index in [9.17, 15) is 4.39 Å². The Labute approximate surface area is 127 Å². The Kier molecular flexibility index (Phi) is 3.70. The number of aromatic amines is 1. The molecule has 1 aromatic carbocycles. The number of anilines is 1. The van der Waals surface area contributed by atoms with Gasteiger partial charge in [-0.25, -0.2) is 9.37 Å². The molecule has 0 aliphatic heterocycles. The molecule has 0 aliphatic rings. The number of nitrogens with zero attached hydrogens (tertiary/aromatic N) is 3. The standard InChI is InChI=1S/C13H11BrFN5O/c1-2-16-13-19-11-10(17-6-18-11)12(20-13)21-9-4-7(14)3-8(15)5-9/h3-6H,2H2,1H3,(H2,16,17,18,19,20). The highest BCUT2D eigenvalue weighted by Crippen LogP contribution is 2.29. The number of benzene rings is 1. The molecule has 0 bridgehead atoms. The van der Waals surface area contributed by atoms with Gasteiger partial charge in [0.1, 0.15) is 17.1 Å². The number of nitrogens with one attached hydrogen (secondary N) is 2. The van der Waals surface area contributed by atoms with Crippen molar-refractivity contribution in [3.63, 3.8) is 0 Å². The van der Waals surface area contributed by atoms with E-state index < -0.39 is 5.82 Å². The Morgan fingerprint density at radius 1 is 1.33 bits per heavy atom. The maximum absolute atomic E-state index is 13.4. The van der Waals surface area contributed by atoms with Gasteiger partial charge >= 0.3 is 0 Å². The molecule has 8 heteroatoms. The molecule has 0 unspecified atom stereocenters. The molecule has 21 heavy (non-hydrogen) atoms. The van der Waals surface area contributed by atoms with Gasteiger partial charge in [-0.1, -0.05) is 15.9 Å². The fourth-order valence-electron chi connectivity index (χ4n) is 1.82. The van der Waals surface area contributed by atoms with Crippen molar-refractivity contribution >= 4 is 33.0 Å². The van der Waals surface area contributed by atoms with Crippen molar-refractivity contribution in [1.82, 2.24) is 19.9 Å². The van der Waals surface area contributed by atoms with Crippen molar-refractivity contribution in [2.75, 3.05) is 11.9 Å². The molecule has 0 radical (unpaired) electrons. The summed E-state index contributed by atoms with van der Waals surface area (Å²) in [7, 11) is 0. The zero-order valence-electron chi connectivity index (χ0n) is 11.0. The summed E-state index contributed by atoms with van der Waals surface area (Å²) in [5.41, 5.74) is 1.03. The van der Waals surface area contributed by atoms with E-state index in [4.69, 9.17) is 4.74 Å². The van der Waals surface area contributed by atoms with Crippen LogP contribution in [0.5, 0.6) is 11.6 Å². The van der Waals surface area contributed by atoms with Crippen LogP contribution in [0.3, 0.4) is 0 Å². The molecule has 0 saturated carbocycles. The molecule has 0 atom stereocenters. The van der Waals surface area contributed by atoms with Gasteiger partial charge in [0.05, 0.1) is 6.33 Å². The van der Waals surface area contributed by atoms with E-state index in [1.165, 1.54) is 18.5 Å². The lowest BCUT2D eigenvalue weighted by Gasteiger charge is -2.08. The highest BCUT2D eigenvalue weighted by molar-refractivity contribution is 9.10. The lowest BCUT2D eigenvalue weighted by atomic mass is 10.3. The van der Waals surface area contributed by atoms with Crippen molar-refractivity contribution < 1.29 is 9.13 Å². The van der Waals surface area contributed by atoms with E-state index in [0.29, 0.717) is 33.9 Å². The van der Waals surface area contributed by atoms with Crippen molar-refractivity contribution in [2.24, 2.45) is 0 Å². The first-order valence-electron chi connectivity index (χ1n) is 6.24. The zero-order valence-corrected chi connectivity index (χ0v) is 12.6. The second kappa shape index (κ2) is 5.65. The normalized spacial score (nSPS) is 10.8. The Balaban J connectivity index is 2.04. The van der Waals surface area contributed by atoms with Gasteiger partial charge in [-0.15, -0.1) is 0 Å². The number of halogens is 2. The maximum Gasteiger partial charge on any atom is 0.250 e. The van der Waals surface area contributed by atoms with E-state index in [2.05, 4.69) is 41.2 Å². The van der Waals surface area contributed by atoms with Crippen LogP contribution in [0.1, 0.15) is 6.92 Å². The van der Waals surface area contributed by atoms with Crippen LogP contribution in [0.25, 0.3) is 11.2 Å². The van der Waals surface area contributed by atoms with Crippen LogP contribution in [-0.2, 0) is 0 Å². The molecule has 2 N–H and O–H groups in total. The van der Waals surface area contributed by atoms with Crippen molar-refractivity contribution in [3.8, 4) is 11.6 Å². The molecule has 108 valence electrons. The highest BCUT2D eigenvalue weighted by atomic mass is 79.9. The summed E-state index contributed by atoms with van der Waals surface area (Å²) in [6.07, 6.45) is 1.50. The largest absolute Gasteiger partial charge is 0.437 e. The van der Waals surface area contributed by atoms with Crippen LogP contribution in [0.2, 0.25) is 0 Å². The van der Waals surface area contributed by atoms with E-state index >= 15 is 0 Å². The molecule has 0 aliphatic carbocycles. The van der Waals surface area contributed by atoms with Crippen LogP contribution in [-0.4, -0.2) is 26.5 Å².